The van der Waals surface area contributed by atoms with Gasteiger partial charge in [-0.15, -0.1) is 0 Å². The Balaban J connectivity index is 1.80. The Labute approximate surface area is 114 Å². The van der Waals surface area contributed by atoms with Gasteiger partial charge in [0, 0.05) is 18.7 Å². The van der Waals surface area contributed by atoms with E-state index in [1.54, 1.807) is 4.90 Å². The maximum absolute atomic E-state index is 12.7. The number of rotatable bonds is 1. The standard InChI is InChI=1S/C14H14F3NO2/c15-14(16,17)10-3-1-2-9(6-10)13(19)18-7-11-4-5-12(8-18)20-11/h1-3,6,11-12H,4-5,7-8H2. The predicted molar refractivity (Wildman–Crippen MR) is 65.2 cm³/mol. The number of morpholine rings is 1. The maximum Gasteiger partial charge on any atom is 0.416 e. The molecule has 2 fully saturated rings. The van der Waals surface area contributed by atoms with Gasteiger partial charge in [0.1, 0.15) is 0 Å². The van der Waals surface area contributed by atoms with Crippen molar-refractivity contribution < 1.29 is 22.7 Å². The monoisotopic (exact) mass is 285 g/mol. The maximum atomic E-state index is 12.7. The molecule has 20 heavy (non-hydrogen) atoms. The number of fused-ring (bicyclic) bond motifs is 2. The van der Waals surface area contributed by atoms with E-state index in [1.807, 2.05) is 0 Å². The van der Waals surface area contributed by atoms with Gasteiger partial charge < -0.3 is 9.64 Å². The minimum atomic E-state index is -4.43. The van der Waals surface area contributed by atoms with E-state index in [2.05, 4.69) is 0 Å². The second kappa shape index (κ2) is 4.77. The van der Waals surface area contributed by atoms with Crippen LogP contribution in [0.4, 0.5) is 13.2 Å². The van der Waals surface area contributed by atoms with Crippen molar-refractivity contribution in [1.29, 1.82) is 0 Å². The average molecular weight is 285 g/mol. The first-order chi connectivity index (χ1) is 9.43. The second-order valence-corrected chi connectivity index (χ2v) is 5.25. The summed E-state index contributed by atoms with van der Waals surface area (Å²) in [5.41, 5.74) is -0.708. The number of carbonyl (C=O) groups excluding carboxylic acids is 1. The highest BCUT2D eigenvalue weighted by Crippen LogP contribution is 2.31. The van der Waals surface area contributed by atoms with Crippen molar-refractivity contribution >= 4 is 5.91 Å². The quantitative estimate of drug-likeness (QED) is 0.794. The van der Waals surface area contributed by atoms with Crippen LogP contribution in [0.15, 0.2) is 24.3 Å². The van der Waals surface area contributed by atoms with Gasteiger partial charge in [0.15, 0.2) is 0 Å². The lowest BCUT2D eigenvalue weighted by Gasteiger charge is -2.32. The first kappa shape index (κ1) is 13.4. The molecule has 108 valence electrons. The molecule has 0 spiro atoms. The molecule has 2 saturated heterocycles. The lowest BCUT2D eigenvalue weighted by molar-refractivity contribution is -0.137. The predicted octanol–water partition coefficient (Wildman–Crippen LogP) is 2.71. The molecule has 2 bridgehead atoms. The van der Waals surface area contributed by atoms with Gasteiger partial charge in [-0.1, -0.05) is 6.07 Å². The number of ether oxygens (including phenoxy) is 1. The topological polar surface area (TPSA) is 29.5 Å². The van der Waals surface area contributed by atoms with Crippen LogP contribution in [0.25, 0.3) is 0 Å². The SMILES string of the molecule is O=C(c1cccc(C(F)(F)F)c1)N1CC2CCC(C1)O2. The van der Waals surface area contributed by atoms with Gasteiger partial charge in [-0.2, -0.15) is 13.2 Å². The van der Waals surface area contributed by atoms with Gasteiger partial charge in [0.05, 0.1) is 17.8 Å². The normalized spacial score (nSPS) is 25.9. The molecule has 0 N–H and O–H groups in total. The number of carbonyl (C=O) groups is 1. The number of nitrogens with zero attached hydrogens (tertiary/aromatic N) is 1. The van der Waals surface area contributed by atoms with Gasteiger partial charge in [0.2, 0.25) is 0 Å². The molecule has 6 heteroatoms. The summed E-state index contributed by atoms with van der Waals surface area (Å²) in [5, 5.41) is 0. The Hall–Kier alpha value is -1.56. The summed E-state index contributed by atoms with van der Waals surface area (Å²) < 4.78 is 43.6. The highest BCUT2D eigenvalue weighted by Gasteiger charge is 2.36. The fourth-order valence-corrected chi connectivity index (χ4v) is 2.79. The summed E-state index contributed by atoms with van der Waals surface area (Å²) in [4.78, 5) is 13.9. The van der Waals surface area contributed by atoms with Gasteiger partial charge in [-0.3, -0.25) is 4.79 Å². The summed E-state index contributed by atoms with van der Waals surface area (Å²) in [5.74, 6) is -0.351. The lowest BCUT2D eigenvalue weighted by Crippen LogP contribution is -2.45. The Morgan fingerprint density at radius 3 is 2.45 bits per heavy atom. The number of hydrogen-bond acceptors (Lipinski definition) is 2. The van der Waals surface area contributed by atoms with Crippen molar-refractivity contribution in [3.63, 3.8) is 0 Å². The fraction of sp³-hybridized carbons (Fsp3) is 0.500. The molecule has 2 atom stereocenters. The van der Waals surface area contributed by atoms with E-state index in [4.69, 9.17) is 4.74 Å². The van der Waals surface area contributed by atoms with E-state index in [9.17, 15) is 18.0 Å². The molecule has 1 aromatic carbocycles. The van der Waals surface area contributed by atoms with Crippen LogP contribution in [0, 0.1) is 0 Å². The molecule has 2 heterocycles. The number of amides is 1. The number of alkyl halides is 3. The fourth-order valence-electron chi connectivity index (χ4n) is 2.79. The van der Waals surface area contributed by atoms with E-state index >= 15 is 0 Å². The van der Waals surface area contributed by atoms with Crippen LogP contribution in [-0.2, 0) is 10.9 Å². The molecule has 3 nitrogen and oxygen atoms in total. The van der Waals surface area contributed by atoms with E-state index in [0.717, 1.165) is 25.0 Å². The van der Waals surface area contributed by atoms with Crippen LogP contribution in [0.5, 0.6) is 0 Å². The minimum absolute atomic E-state index is 0.0310. The van der Waals surface area contributed by atoms with Crippen molar-refractivity contribution in [2.75, 3.05) is 13.1 Å². The van der Waals surface area contributed by atoms with Crippen molar-refractivity contribution in [2.24, 2.45) is 0 Å². The number of halogens is 3. The summed E-state index contributed by atoms with van der Waals surface area (Å²) in [6.45, 7) is 0.928. The van der Waals surface area contributed by atoms with Crippen LogP contribution < -0.4 is 0 Å². The van der Waals surface area contributed by atoms with Gasteiger partial charge in [-0.25, -0.2) is 0 Å². The van der Waals surface area contributed by atoms with E-state index in [1.165, 1.54) is 12.1 Å². The van der Waals surface area contributed by atoms with Crippen LogP contribution in [0.3, 0.4) is 0 Å². The molecule has 1 aromatic rings. The van der Waals surface area contributed by atoms with Crippen molar-refractivity contribution in [3.8, 4) is 0 Å². The number of hydrogen-bond donors (Lipinski definition) is 0. The summed E-state index contributed by atoms with van der Waals surface area (Å²) in [6, 6.07) is 4.58. The van der Waals surface area contributed by atoms with Crippen LogP contribution in [-0.4, -0.2) is 36.1 Å². The third-order valence-corrected chi connectivity index (χ3v) is 3.77. The zero-order chi connectivity index (χ0) is 14.3. The van der Waals surface area contributed by atoms with Crippen LogP contribution >= 0.6 is 0 Å². The zero-order valence-electron chi connectivity index (χ0n) is 10.7. The molecule has 3 rings (SSSR count). The molecule has 0 aromatic heterocycles. The molecule has 0 saturated carbocycles. The number of benzene rings is 1. The minimum Gasteiger partial charge on any atom is -0.371 e. The first-order valence-electron chi connectivity index (χ1n) is 6.55. The molecule has 2 aliphatic heterocycles. The largest absolute Gasteiger partial charge is 0.416 e. The second-order valence-electron chi connectivity index (χ2n) is 5.25. The van der Waals surface area contributed by atoms with Gasteiger partial charge in [-0.05, 0) is 31.0 Å². The van der Waals surface area contributed by atoms with Crippen molar-refractivity contribution in [1.82, 2.24) is 4.90 Å². The highest BCUT2D eigenvalue weighted by molar-refractivity contribution is 5.94. The third-order valence-electron chi connectivity index (χ3n) is 3.77. The molecule has 0 aliphatic carbocycles. The Bertz CT molecular complexity index is 517. The third kappa shape index (κ3) is 2.52. The average Bonchev–Trinajstić information content (AvgIpc) is 2.76. The van der Waals surface area contributed by atoms with Gasteiger partial charge in [0.25, 0.3) is 5.91 Å². The van der Waals surface area contributed by atoms with Gasteiger partial charge >= 0.3 is 6.18 Å². The molecule has 2 unspecified atom stereocenters. The Kier molecular flexibility index (Phi) is 3.20. The smallest absolute Gasteiger partial charge is 0.371 e. The van der Waals surface area contributed by atoms with Crippen LogP contribution in [0.1, 0.15) is 28.8 Å². The van der Waals surface area contributed by atoms with E-state index in [-0.39, 0.29) is 23.7 Å². The summed E-state index contributed by atoms with van der Waals surface area (Å²) in [7, 11) is 0. The zero-order valence-corrected chi connectivity index (χ0v) is 10.7. The molecule has 2 aliphatic rings. The molecule has 1 amide bonds. The number of likely N-dealkylation sites (tertiary alicyclic amines) is 1. The van der Waals surface area contributed by atoms with Crippen molar-refractivity contribution in [3.05, 3.63) is 35.4 Å². The molecule has 0 radical (unpaired) electrons. The van der Waals surface area contributed by atoms with E-state index < -0.39 is 11.7 Å². The highest BCUT2D eigenvalue weighted by atomic mass is 19.4. The Morgan fingerprint density at radius 2 is 1.85 bits per heavy atom. The van der Waals surface area contributed by atoms with Crippen molar-refractivity contribution in [2.45, 2.75) is 31.2 Å². The first-order valence-corrected chi connectivity index (χ1v) is 6.55. The summed E-state index contributed by atoms with van der Waals surface area (Å²) in [6.07, 6.45) is -2.54. The summed E-state index contributed by atoms with van der Waals surface area (Å²) >= 11 is 0. The molecular formula is C14H14F3NO2. The molecular weight excluding hydrogens is 271 g/mol. The van der Waals surface area contributed by atoms with E-state index in [0.29, 0.717) is 13.1 Å². The Morgan fingerprint density at radius 1 is 1.20 bits per heavy atom. The van der Waals surface area contributed by atoms with Crippen LogP contribution in [0.2, 0.25) is 0 Å². The lowest BCUT2D eigenvalue weighted by atomic mass is 10.1.